The fraction of sp³-hybridized carbons (Fsp3) is 0.300. The van der Waals surface area contributed by atoms with Gasteiger partial charge in [-0.25, -0.2) is 9.97 Å². The van der Waals surface area contributed by atoms with E-state index in [1.54, 1.807) is 16.7 Å². The SMILES string of the molecule is Cc1ncsc1CNc1nc(CC(=O)O)cs1. The minimum atomic E-state index is -0.861. The van der Waals surface area contributed by atoms with Crippen molar-refractivity contribution in [2.45, 2.75) is 19.9 Å². The van der Waals surface area contributed by atoms with Crippen molar-refractivity contribution < 1.29 is 9.90 Å². The molecule has 5 nitrogen and oxygen atoms in total. The number of aryl methyl sites for hydroxylation is 1. The second-order valence-electron chi connectivity index (χ2n) is 3.43. The molecule has 0 radical (unpaired) electrons. The Labute approximate surface area is 106 Å². The predicted molar refractivity (Wildman–Crippen MR) is 67.6 cm³/mol. The van der Waals surface area contributed by atoms with Gasteiger partial charge in [0, 0.05) is 10.3 Å². The number of thiazole rings is 2. The summed E-state index contributed by atoms with van der Waals surface area (Å²) in [7, 11) is 0. The summed E-state index contributed by atoms with van der Waals surface area (Å²) >= 11 is 3.01. The number of carboxylic acids is 1. The minimum absolute atomic E-state index is 0.0300. The van der Waals surface area contributed by atoms with Crippen molar-refractivity contribution in [3.8, 4) is 0 Å². The standard InChI is InChI=1S/C10H11N3O2S2/c1-6-8(17-5-12-6)3-11-10-13-7(4-16-10)2-9(14)15/h4-5H,2-3H2,1H3,(H,11,13)(H,14,15). The molecule has 0 amide bonds. The van der Waals surface area contributed by atoms with Crippen LogP contribution in [0.15, 0.2) is 10.9 Å². The molecule has 0 atom stereocenters. The second-order valence-corrected chi connectivity index (χ2v) is 5.23. The molecule has 7 heteroatoms. The molecule has 0 saturated carbocycles. The van der Waals surface area contributed by atoms with Crippen LogP contribution in [0.3, 0.4) is 0 Å². The number of rotatable bonds is 5. The first kappa shape index (κ1) is 12.0. The number of aliphatic carboxylic acids is 1. The lowest BCUT2D eigenvalue weighted by atomic mass is 10.3. The van der Waals surface area contributed by atoms with E-state index in [1.165, 1.54) is 16.2 Å². The van der Waals surface area contributed by atoms with Gasteiger partial charge in [0.1, 0.15) is 0 Å². The number of carbonyl (C=O) groups is 1. The average molecular weight is 269 g/mol. The van der Waals surface area contributed by atoms with Gasteiger partial charge in [-0.1, -0.05) is 0 Å². The summed E-state index contributed by atoms with van der Waals surface area (Å²) < 4.78 is 0. The first-order valence-corrected chi connectivity index (χ1v) is 6.70. The Balaban J connectivity index is 1.93. The predicted octanol–water partition coefficient (Wildman–Crippen LogP) is 2.15. The van der Waals surface area contributed by atoms with Crippen LogP contribution in [0.2, 0.25) is 0 Å². The summed E-state index contributed by atoms with van der Waals surface area (Å²) in [6.07, 6.45) is -0.0300. The first-order valence-electron chi connectivity index (χ1n) is 4.94. The van der Waals surface area contributed by atoms with Crippen molar-refractivity contribution in [2.75, 3.05) is 5.32 Å². The Bertz CT molecular complexity index is 521. The maximum atomic E-state index is 10.5. The van der Waals surface area contributed by atoms with Gasteiger partial charge in [0.05, 0.1) is 29.9 Å². The molecule has 0 aliphatic rings. The second kappa shape index (κ2) is 5.24. The number of aromatic nitrogens is 2. The molecule has 0 unspecified atom stereocenters. The summed E-state index contributed by atoms with van der Waals surface area (Å²) in [5, 5.41) is 14.3. The molecule has 0 spiro atoms. The highest BCUT2D eigenvalue weighted by Crippen LogP contribution is 2.19. The van der Waals surface area contributed by atoms with Crippen molar-refractivity contribution in [3.05, 3.63) is 27.2 Å². The highest BCUT2D eigenvalue weighted by Gasteiger charge is 2.07. The van der Waals surface area contributed by atoms with Crippen molar-refractivity contribution in [1.82, 2.24) is 9.97 Å². The number of hydrogen-bond acceptors (Lipinski definition) is 6. The van der Waals surface area contributed by atoms with Crippen molar-refractivity contribution in [3.63, 3.8) is 0 Å². The van der Waals surface area contributed by atoms with Gasteiger partial charge in [-0.3, -0.25) is 4.79 Å². The van der Waals surface area contributed by atoms with Crippen LogP contribution < -0.4 is 5.32 Å². The lowest BCUT2D eigenvalue weighted by Crippen LogP contribution is -2.02. The smallest absolute Gasteiger partial charge is 0.309 e. The number of hydrogen-bond donors (Lipinski definition) is 2. The van der Waals surface area contributed by atoms with Crippen LogP contribution in [0.25, 0.3) is 0 Å². The highest BCUT2D eigenvalue weighted by molar-refractivity contribution is 7.13. The third kappa shape index (κ3) is 3.24. The zero-order valence-electron chi connectivity index (χ0n) is 9.14. The van der Waals surface area contributed by atoms with Crippen molar-refractivity contribution >= 4 is 33.8 Å². The van der Waals surface area contributed by atoms with Crippen LogP contribution in [-0.4, -0.2) is 21.0 Å². The topological polar surface area (TPSA) is 75.1 Å². The summed E-state index contributed by atoms with van der Waals surface area (Å²) in [4.78, 5) is 20.0. The van der Waals surface area contributed by atoms with E-state index in [0.29, 0.717) is 12.2 Å². The van der Waals surface area contributed by atoms with Gasteiger partial charge in [-0.05, 0) is 6.92 Å². The number of anilines is 1. The van der Waals surface area contributed by atoms with E-state index >= 15 is 0 Å². The van der Waals surface area contributed by atoms with Gasteiger partial charge >= 0.3 is 5.97 Å². The van der Waals surface area contributed by atoms with E-state index in [4.69, 9.17) is 5.11 Å². The largest absolute Gasteiger partial charge is 0.481 e. The van der Waals surface area contributed by atoms with Crippen LogP contribution in [0, 0.1) is 6.92 Å². The molecule has 90 valence electrons. The first-order chi connectivity index (χ1) is 8.15. The lowest BCUT2D eigenvalue weighted by molar-refractivity contribution is -0.136. The molecule has 0 bridgehead atoms. The molecule has 2 rings (SSSR count). The van der Waals surface area contributed by atoms with Gasteiger partial charge in [0.2, 0.25) is 0 Å². The highest BCUT2D eigenvalue weighted by atomic mass is 32.1. The molecular weight excluding hydrogens is 258 g/mol. The molecular formula is C10H11N3O2S2. The monoisotopic (exact) mass is 269 g/mol. The van der Waals surface area contributed by atoms with Crippen molar-refractivity contribution in [2.24, 2.45) is 0 Å². The van der Waals surface area contributed by atoms with Gasteiger partial charge in [-0.15, -0.1) is 22.7 Å². The molecule has 2 N–H and O–H groups in total. The Morgan fingerprint density at radius 2 is 2.35 bits per heavy atom. The van der Waals surface area contributed by atoms with E-state index < -0.39 is 5.97 Å². The molecule has 2 aromatic heterocycles. The van der Waals surface area contributed by atoms with Crippen LogP contribution in [0.5, 0.6) is 0 Å². The summed E-state index contributed by atoms with van der Waals surface area (Å²) in [5.41, 5.74) is 3.42. The van der Waals surface area contributed by atoms with E-state index in [2.05, 4.69) is 15.3 Å². The number of nitrogens with zero attached hydrogens (tertiary/aromatic N) is 2. The molecule has 17 heavy (non-hydrogen) atoms. The maximum absolute atomic E-state index is 10.5. The fourth-order valence-corrected chi connectivity index (χ4v) is 2.70. The average Bonchev–Trinajstić information content (AvgIpc) is 2.84. The molecule has 0 aliphatic heterocycles. The molecule has 0 aliphatic carbocycles. The minimum Gasteiger partial charge on any atom is -0.481 e. The van der Waals surface area contributed by atoms with E-state index in [1.807, 2.05) is 12.4 Å². The zero-order valence-corrected chi connectivity index (χ0v) is 10.8. The Morgan fingerprint density at radius 3 is 3.00 bits per heavy atom. The van der Waals surface area contributed by atoms with Gasteiger partial charge in [0.15, 0.2) is 5.13 Å². The fourth-order valence-electron chi connectivity index (χ4n) is 1.28. The molecule has 0 fully saturated rings. The van der Waals surface area contributed by atoms with Gasteiger partial charge in [-0.2, -0.15) is 0 Å². The normalized spacial score (nSPS) is 10.4. The quantitative estimate of drug-likeness (QED) is 0.870. The summed E-state index contributed by atoms with van der Waals surface area (Å²) in [5.74, 6) is -0.861. The van der Waals surface area contributed by atoms with Gasteiger partial charge in [0.25, 0.3) is 0 Å². The van der Waals surface area contributed by atoms with E-state index in [9.17, 15) is 4.79 Å². The third-order valence-electron chi connectivity index (χ3n) is 2.13. The van der Waals surface area contributed by atoms with E-state index in [0.717, 1.165) is 10.8 Å². The van der Waals surface area contributed by atoms with Crippen LogP contribution in [0.4, 0.5) is 5.13 Å². The zero-order chi connectivity index (χ0) is 12.3. The van der Waals surface area contributed by atoms with Gasteiger partial charge < -0.3 is 10.4 Å². The maximum Gasteiger partial charge on any atom is 0.309 e. The lowest BCUT2D eigenvalue weighted by Gasteiger charge is -2.00. The molecule has 0 saturated heterocycles. The van der Waals surface area contributed by atoms with Crippen LogP contribution >= 0.6 is 22.7 Å². The Morgan fingerprint density at radius 1 is 1.53 bits per heavy atom. The molecule has 2 heterocycles. The molecule has 2 aromatic rings. The third-order valence-corrected chi connectivity index (χ3v) is 3.91. The Hall–Kier alpha value is -1.47. The number of nitrogens with one attached hydrogen (secondary N) is 1. The Kier molecular flexibility index (Phi) is 3.70. The van der Waals surface area contributed by atoms with Crippen LogP contribution in [-0.2, 0) is 17.8 Å². The number of carboxylic acid groups (broad SMARTS) is 1. The molecule has 0 aromatic carbocycles. The van der Waals surface area contributed by atoms with Crippen LogP contribution in [0.1, 0.15) is 16.3 Å². The summed E-state index contributed by atoms with van der Waals surface area (Å²) in [6, 6.07) is 0. The van der Waals surface area contributed by atoms with E-state index in [-0.39, 0.29) is 6.42 Å². The van der Waals surface area contributed by atoms with Crippen molar-refractivity contribution in [1.29, 1.82) is 0 Å². The summed E-state index contributed by atoms with van der Waals surface area (Å²) in [6.45, 7) is 2.64.